The molecule has 0 atom stereocenters. The lowest BCUT2D eigenvalue weighted by Crippen LogP contribution is -2.44. The third kappa shape index (κ3) is 5.19. The monoisotopic (exact) mass is 441 g/mol. The second kappa shape index (κ2) is 8.64. The molecule has 3 rings (SSSR count). The van der Waals surface area contributed by atoms with Crippen molar-refractivity contribution < 1.29 is 21.6 Å². The molecule has 1 fully saturated rings. The number of aromatic nitrogens is 1. The second-order valence-electron chi connectivity index (χ2n) is 7.88. The van der Waals surface area contributed by atoms with Crippen molar-refractivity contribution in [3.05, 3.63) is 64.5 Å². The predicted molar refractivity (Wildman–Crippen MR) is 109 cm³/mol. The molecule has 0 radical (unpaired) electrons. The highest BCUT2D eigenvalue weighted by Crippen LogP contribution is 2.31. The Bertz CT molecular complexity index is 999. The molecule has 9 heteroatoms. The molecule has 1 aromatic carbocycles. The van der Waals surface area contributed by atoms with Gasteiger partial charge in [0.05, 0.1) is 5.56 Å². The first-order chi connectivity index (χ1) is 14.0. The quantitative estimate of drug-likeness (QED) is 0.705. The summed E-state index contributed by atoms with van der Waals surface area (Å²) in [4.78, 5) is 4.62. The normalized spacial score (nSPS) is 16.9. The number of rotatable bonds is 5. The van der Waals surface area contributed by atoms with Crippen LogP contribution in [0.4, 0.5) is 13.2 Å². The van der Waals surface area contributed by atoms with Crippen LogP contribution in [0, 0.1) is 6.92 Å². The van der Waals surface area contributed by atoms with Gasteiger partial charge < -0.3 is 0 Å². The number of aryl methyl sites for hydroxylation is 1. The second-order valence-corrected chi connectivity index (χ2v) is 10.0. The van der Waals surface area contributed by atoms with Gasteiger partial charge in [-0.2, -0.15) is 30.2 Å². The zero-order chi connectivity index (χ0) is 22.1. The molecule has 1 aromatic heterocycles. The molecule has 0 N–H and O–H groups in total. The van der Waals surface area contributed by atoms with Crippen LogP contribution in [0.3, 0.4) is 0 Å². The van der Waals surface area contributed by atoms with E-state index >= 15 is 0 Å². The summed E-state index contributed by atoms with van der Waals surface area (Å²) in [5.74, 6) is 0.124. The average Bonchev–Trinajstić information content (AvgIpc) is 2.67. The molecule has 1 aliphatic rings. The number of hydrogen-bond acceptors (Lipinski definition) is 3. The van der Waals surface area contributed by atoms with Gasteiger partial charge in [-0.1, -0.05) is 18.2 Å². The number of piperidine rings is 1. The molecule has 0 amide bonds. The Hall–Kier alpha value is -1.97. The van der Waals surface area contributed by atoms with Gasteiger partial charge in [0.1, 0.15) is 0 Å². The highest BCUT2D eigenvalue weighted by atomic mass is 32.2. The third-order valence-electron chi connectivity index (χ3n) is 5.36. The summed E-state index contributed by atoms with van der Waals surface area (Å²) in [7, 11) is -0.390. The van der Waals surface area contributed by atoms with Crippen LogP contribution < -0.4 is 0 Å². The minimum Gasteiger partial charge on any atom is -0.258 e. The number of halogens is 3. The van der Waals surface area contributed by atoms with Crippen LogP contribution in [0.5, 0.6) is 0 Å². The molecule has 5 nitrogen and oxygen atoms in total. The Morgan fingerprint density at radius 2 is 1.77 bits per heavy atom. The molecule has 0 spiro atoms. The van der Waals surface area contributed by atoms with Crippen molar-refractivity contribution in [3.8, 4) is 0 Å². The van der Waals surface area contributed by atoms with E-state index in [1.54, 1.807) is 6.07 Å². The summed E-state index contributed by atoms with van der Waals surface area (Å²) in [5, 5.41) is 0. The molecule has 164 valence electrons. The molecular weight excluding hydrogens is 415 g/mol. The van der Waals surface area contributed by atoms with Gasteiger partial charge in [0.25, 0.3) is 10.2 Å². The molecule has 30 heavy (non-hydrogen) atoms. The van der Waals surface area contributed by atoms with Crippen LogP contribution in [0.1, 0.15) is 46.8 Å². The summed E-state index contributed by atoms with van der Waals surface area (Å²) in [6.07, 6.45) is -2.66. The third-order valence-corrected chi connectivity index (χ3v) is 7.30. The van der Waals surface area contributed by atoms with Gasteiger partial charge in [-0.15, -0.1) is 0 Å². The summed E-state index contributed by atoms with van der Waals surface area (Å²) < 4.78 is 66.2. The number of pyridine rings is 1. The van der Waals surface area contributed by atoms with Crippen molar-refractivity contribution in [2.24, 2.45) is 0 Å². The maximum atomic E-state index is 13.0. The largest absolute Gasteiger partial charge is 0.416 e. The zero-order valence-electron chi connectivity index (χ0n) is 17.3. The fourth-order valence-corrected chi connectivity index (χ4v) is 4.92. The first-order valence-electron chi connectivity index (χ1n) is 9.78. The molecule has 1 saturated heterocycles. The molecular formula is C21H26F3N3O2S. The molecule has 2 aromatic rings. The Morgan fingerprint density at radius 3 is 2.37 bits per heavy atom. The Kier molecular flexibility index (Phi) is 6.54. The van der Waals surface area contributed by atoms with Gasteiger partial charge in [-0.05, 0) is 55.5 Å². The van der Waals surface area contributed by atoms with E-state index < -0.39 is 21.9 Å². The smallest absolute Gasteiger partial charge is 0.258 e. The summed E-state index contributed by atoms with van der Waals surface area (Å²) in [6.45, 7) is 2.71. The van der Waals surface area contributed by atoms with Crippen LogP contribution in [-0.4, -0.2) is 49.2 Å². The van der Waals surface area contributed by atoms with Crippen LogP contribution in [0.15, 0.2) is 36.4 Å². The van der Waals surface area contributed by atoms with E-state index in [1.807, 2.05) is 19.1 Å². The van der Waals surface area contributed by atoms with Gasteiger partial charge in [0.15, 0.2) is 0 Å². The number of hydrogen-bond donors (Lipinski definition) is 0. The standard InChI is InChI=1S/C21H26F3N3O2S/c1-15-11-17(12-16-5-4-6-19(13-16)21(22,23)24)14-20(25-15)18-7-9-27(10-8-18)30(28,29)26(2)3/h4-6,11,13-14,18H,7-10,12H2,1-3H3. The van der Waals surface area contributed by atoms with E-state index in [9.17, 15) is 21.6 Å². The number of benzene rings is 1. The maximum Gasteiger partial charge on any atom is 0.416 e. The van der Waals surface area contributed by atoms with E-state index in [4.69, 9.17) is 0 Å². The lowest BCUT2D eigenvalue weighted by atomic mass is 9.92. The van der Waals surface area contributed by atoms with Crippen molar-refractivity contribution in [1.82, 2.24) is 13.6 Å². The Labute approximate surface area is 175 Å². The van der Waals surface area contributed by atoms with Gasteiger partial charge in [-0.25, -0.2) is 0 Å². The first kappa shape index (κ1) is 22.7. The van der Waals surface area contributed by atoms with E-state index in [1.165, 1.54) is 34.8 Å². The fourth-order valence-electron chi connectivity index (χ4n) is 3.79. The van der Waals surface area contributed by atoms with Gasteiger partial charge >= 0.3 is 6.18 Å². The van der Waals surface area contributed by atoms with Crippen LogP contribution in [0.25, 0.3) is 0 Å². The average molecular weight is 442 g/mol. The van der Waals surface area contributed by atoms with E-state index in [2.05, 4.69) is 4.98 Å². The first-order valence-corrected chi connectivity index (χ1v) is 11.2. The fraction of sp³-hybridized carbons (Fsp3) is 0.476. The number of alkyl halides is 3. The minimum atomic E-state index is -4.36. The molecule has 0 aliphatic carbocycles. The van der Waals surface area contributed by atoms with Crippen molar-refractivity contribution in [1.29, 1.82) is 0 Å². The van der Waals surface area contributed by atoms with Crippen LogP contribution >= 0.6 is 0 Å². The van der Waals surface area contributed by atoms with Crippen molar-refractivity contribution in [3.63, 3.8) is 0 Å². The van der Waals surface area contributed by atoms with Crippen LogP contribution in [-0.2, 0) is 22.8 Å². The van der Waals surface area contributed by atoms with Crippen molar-refractivity contribution in [2.75, 3.05) is 27.2 Å². The van der Waals surface area contributed by atoms with Crippen molar-refractivity contribution in [2.45, 2.75) is 38.3 Å². The summed E-state index contributed by atoms with van der Waals surface area (Å²) >= 11 is 0. The van der Waals surface area contributed by atoms with Gasteiger partial charge in [-0.3, -0.25) is 4.98 Å². The molecule has 1 aliphatic heterocycles. The topological polar surface area (TPSA) is 53.5 Å². The Morgan fingerprint density at radius 1 is 1.10 bits per heavy atom. The van der Waals surface area contributed by atoms with Crippen LogP contribution in [0.2, 0.25) is 0 Å². The minimum absolute atomic E-state index is 0.124. The summed E-state index contributed by atoms with van der Waals surface area (Å²) in [5.41, 5.74) is 2.52. The van der Waals surface area contributed by atoms with E-state index in [0.717, 1.165) is 23.0 Å². The maximum absolute atomic E-state index is 13.0. The highest BCUT2D eigenvalue weighted by Gasteiger charge is 2.31. The van der Waals surface area contributed by atoms with Gasteiger partial charge in [0.2, 0.25) is 0 Å². The zero-order valence-corrected chi connectivity index (χ0v) is 18.1. The molecule has 2 heterocycles. The molecule has 0 bridgehead atoms. The lowest BCUT2D eigenvalue weighted by Gasteiger charge is -2.32. The lowest BCUT2D eigenvalue weighted by molar-refractivity contribution is -0.137. The SMILES string of the molecule is Cc1cc(Cc2cccc(C(F)(F)F)c2)cc(C2CCN(S(=O)(=O)N(C)C)CC2)n1. The van der Waals surface area contributed by atoms with E-state index in [0.29, 0.717) is 37.9 Å². The number of nitrogens with zero attached hydrogens (tertiary/aromatic N) is 3. The van der Waals surface area contributed by atoms with E-state index in [-0.39, 0.29) is 5.92 Å². The predicted octanol–water partition coefficient (Wildman–Crippen LogP) is 3.99. The molecule has 0 saturated carbocycles. The molecule has 0 unspecified atom stereocenters. The highest BCUT2D eigenvalue weighted by molar-refractivity contribution is 7.86. The van der Waals surface area contributed by atoms with Gasteiger partial charge in [0, 0.05) is 44.5 Å². The Balaban J connectivity index is 1.75. The van der Waals surface area contributed by atoms with Crippen molar-refractivity contribution >= 4 is 10.2 Å². The summed E-state index contributed by atoms with van der Waals surface area (Å²) in [6, 6.07) is 9.19.